The highest BCUT2D eigenvalue weighted by Gasteiger charge is 2.08. The van der Waals surface area contributed by atoms with Crippen molar-refractivity contribution in [1.29, 1.82) is 0 Å². The fourth-order valence-electron chi connectivity index (χ4n) is 2.53. The highest BCUT2D eigenvalue weighted by atomic mass is 16.5. The standard InChI is InChI=1S/C21H20N2O3/c1-25-19-7-3-15(4-8-19)12-23-21(24)18-11-17(13-22-14-18)16-5-9-20(26-2)10-6-16/h3-11,13-14H,12H2,1-2H3,(H,23,24). The average Bonchev–Trinajstić information content (AvgIpc) is 2.72. The van der Waals surface area contributed by atoms with E-state index in [-0.39, 0.29) is 5.91 Å². The van der Waals surface area contributed by atoms with Gasteiger partial charge in [-0.3, -0.25) is 9.78 Å². The van der Waals surface area contributed by atoms with E-state index in [1.807, 2.05) is 54.6 Å². The number of rotatable bonds is 6. The second-order valence-corrected chi connectivity index (χ2v) is 5.72. The van der Waals surface area contributed by atoms with E-state index in [1.54, 1.807) is 26.6 Å². The molecule has 3 aromatic rings. The van der Waals surface area contributed by atoms with Gasteiger partial charge in [-0.05, 0) is 41.5 Å². The van der Waals surface area contributed by atoms with E-state index in [9.17, 15) is 4.79 Å². The number of nitrogens with one attached hydrogen (secondary N) is 1. The number of benzene rings is 2. The molecule has 5 heteroatoms. The zero-order chi connectivity index (χ0) is 18.4. The van der Waals surface area contributed by atoms with Crippen molar-refractivity contribution in [1.82, 2.24) is 10.3 Å². The smallest absolute Gasteiger partial charge is 0.253 e. The van der Waals surface area contributed by atoms with Gasteiger partial charge in [-0.25, -0.2) is 0 Å². The number of hydrogen-bond donors (Lipinski definition) is 1. The normalized spacial score (nSPS) is 10.2. The van der Waals surface area contributed by atoms with Crippen LogP contribution in [0.5, 0.6) is 11.5 Å². The predicted octanol–water partition coefficient (Wildman–Crippen LogP) is 3.70. The summed E-state index contributed by atoms with van der Waals surface area (Å²) in [6.07, 6.45) is 3.30. The van der Waals surface area contributed by atoms with E-state index in [2.05, 4.69) is 10.3 Å². The Kier molecular flexibility index (Phi) is 5.49. The first-order chi connectivity index (χ1) is 12.7. The minimum atomic E-state index is -0.163. The minimum Gasteiger partial charge on any atom is -0.497 e. The van der Waals surface area contributed by atoms with Crippen molar-refractivity contribution in [3.8, 4) is 22.6 Å². The van der Waals surface area contributed by atoms with Crippen LogP contribution in [0.4, 0.5) is 0 Å². The number of amides is 1. The lowest BCUT2D eigenvalue weighted by atomic mass is 10.1. The number of carbonyl (C=O) groups excluding carboxylic acids is 1. The third kappa shape index (κ3) is 4.19. The molecule has 1 amide bonds. The van der Waals surface area contributed by atoms with Gasteiger partial charge in [0.15, 0.2) is 0 Å². The van der Waals surface area contributed by atoms with Gasteiger partial charge < -0.3 is 14.8 Å². The van der Waals surface area contributed by atoms with Crippen LogP contribution in [0.2, 0.25) is 0 Å². The molecule has 0 aliphatic heterocycles. The number of nitrogens with zero attached hydrogens (tertiary/aromatic N) is 1. The van der Waals surface area contributed by atoms with Crippen LogP contribution in [-0.2, 0) is 6.54 Å². The van der Waals surface area contributed by atoms with Crippen LogP contribution in [0, 0.1) is 0 Å². The molecular formula is C21H20N2O3. The van der Waals surface area contributed by atoms with Crippen molar-refractivity contribution in [2.24, 2.45) is 0 Å². The Morgan fingerprint density at radius 1 is 0.885 bits per heavy atom. The van der Waals surface area contributed by atoms with Crippen LogP contribution in [0.25, 0.3) is 11.1 Å². The van der Waals surface area contributed by atoms with E-state index in [0.717, 1.165) is 28.2 Å². The van der Waals surface area contributed by atoms with Gasteiger partial charge >= 0.3 is 0 Å². The van der Waals surface area contributed by atoms with Crippen LogP contribution in [0.15, 0.2) is 67.0 Å². The molecule has 3 rings (SSSR count). The molecule has 0 unspecified atom stereocenters. The largest absolute Gasteiger partial charge is 0.497 e. The maximum absolute atomic E-state index is 12.4. The van der Waals surface area contributed by atoms with Crippen molar-refractivity contribution < 1.29 is 14.3 Å². The number of hydrogen-bond acceptors (Lipinski definition) is 4. The molecule has 0 aliphatic rings. The fourth-order valence-corrected chi connectivity index (χ4v) is 2.53. The summed E-state index contributed by atoms with van der Waals surface area (Å²) in [7, 11) is 3.25. The molecule has 1 N–H and O–H groups in total. The Labute approximate surface area is 152 Å². The zero-order valence-electron chi connectivity index (χ0n) is 14.7. The number of carbonyl (C=O) groups is 1. The van der Waals surface area contributed by atoms with Gasteiger partial charge in [0.1, 0.15) is 11.5 Å². The van der Waals surface area contributed by atoms with Gasteiger partial charge in [-0.15, -0.1) is 0 Å². The molecule has 132 valence electrons. The van der Waals surface area contributed by atoms with Crippen molar-refractivity contribution in [2.75, 3.05) is 14.2 Å². The Balaban J connectivity index is 1.69. The van der Waals surface area contributed by atoms with Crippen LogP contribution >= 0.6 is 0 Å². The Hall–Kier alpha value is -3.34. The van der Waals surface area contributed by atoms with Crippen molar-refractivity contribution in [2.45, 2.75) is 6.54 Å². The number of aromatic nitrogens is 1. The first-order valence-electron chi connectivity index (χ1n) is 8.20. The molecule has 0 bridgehead atoms. The molecule has 0 fully saturated rings. The van der Waals surface area contributed by atoms with Crippen molar-refractivity contribution >= 4 is 5.91 Å². The van der Waals surface area contributed by atoms with E-state index in [0.29, 0.717) is 12.1 Å². The Morgan fingerprint density at radius 3 is 2.12 bits per heavy atom. The summed E-state index contributed by atoms with van der Waals surface area (Å²) < 4.78 is 10.3. The molecule has 1 aromatic heterocycles. The van der Waals surface area contributed by atoms with E-state index >= 15 is 0 Å². The van der Waals surface area contributed by atoms with Gasteiger partial charge in [-0.1, -0.05) is 24.3 Å². The highest BCUT2D eigenvalue weighted by molar-refractivity contribution is 5.95. The van der Waals surface area contributed by atoms with Gasteiger partial charge in [0.25, 0.3) is 5.91 Å². The summed E-state index contributed by atoms with van der Waals surface area (Å²) >= 11 is 0. The van der Waals surface area contributed by atoms with E-state index in [4.69, 9.17) is 9.47 Å². The Bertz CT molecular complexity index is 875. The summed E-state index contributed by atoms with van der Waals surface area (Å²) in [4.78, 5) is 16.6. The lowest BCUT2D eigenvalue weighted by Gasteiger charge is -2.08. The first-order valence-corrected chi connectivity index (χ1v) is 8.20. The summed E-state index contributed by atoms with van der Waals surface area (Å²) in [5.41, 5.74) is 3.37. The van der Waals surface area contributed by atoms with Crippen LogP contribution in [0.1, 0.15) is 15.9 Å². The van der Waals surface area contributed by atoms with Gasteiger partial charge in [0.05, 0.1) is 19.8 Å². The molecule has 1 heterocycles. The zero-order valence-corrected chi connectivity index (χ0v) is 14.7. The molecule has 0 atom stereocenters. The molecule has 0 aliphatic carbocycles. The summed E-state index contributed by atoms with van der Waals surface area (Å²) in [6.45, 7) is 0.440. The SMILES string of the molecule is COc1ccc(CNC(=O)c2cncc(-c3ccc(OC)cc3)c2)cc1. The maximum Gasteiger partial charge on any atom is 0.253 e. The second kappa shape index (κ2) is 8.16. The van der Waals surface area contributed by atoms with E-state index < -0.39 is 0 Å². The molecule has 2 aromatic carbocycles. The topological polar surface area (TPSA) is 60.5 Å². The average molecular weight is 348 g/mol. The molecule has 0 spiro atoms. The first kappa shape index (κ1) is 17.5. The maximum atomic E-state index is 12.4. The molecule has 26 heavy (non-hydrogen) atoms. The molecule has 0 saturated heterocycles. The minimum absolute atomic E-state index is 0.163. The molecule has 0 saturated carbocycles. The second-order valence-electron chi connectivity index (χ2n) is 5.72. The third-order valence-electron chi connectivity index (χ3n) is 4.04. The predicted molar refractivity (Wildman–Crippen MR) is 100 cm³/mol. The van der Waals surface area contributed by atoms with Gasteiger partial charge in [0.2, 0.25) is 0 Å². The molecular weight excluding hydrogens is 328 g/mol. The van der Waals surface area contributed by atoms with Crippen LogP contribution in [0.3, 0.4) is 0 Å². The lowest BCUT2D eigenvalue weighted by Crippen LogP contribution is -2.22. The Morgan fingerprint density at radius 2 is 1.50 bits per heavy atom. The van der Waals surface area contributed by atoms with Crippen LogP contribution in [-0.4, -0.2) is 25.1 Å². The number of pyridine rings is 1. The van der Waals surface area contributed by atoms with Crippen molar-refractivity contribution in [3.63, 3.8) is 0 Å². The van der Waals surface area contributed by atoms with Gasteiger partial charge in [-0.2, -0.15) is 0 Å². The molecule has 0 radical (unpaired) electrons. The summed E-state index contributed by atoms with van der Waals surface area (Å²) in [5, 5.41) is 2.91. The van der Waals surface area contributed by atoms with E-state index in [1.165, 1.54) is 0 Å². The molecule has 5 nitrogen and oxygen atoms in total. The number of ether oxygens (including phenoxy) is 2. The third-order valence-corrected chi connectivity index (χ3v) is 4.04. The lowest BCUT2D eigenvalue weighted by molar-refractivity contribution is 0.0950. The summed E-state index contributed by atoms with van der Waals surface area (Å²) in [5.74, 6) is 1.41. The fraction of sp³-hybridized carbons (Fsp3) is 0.143. The quantitative estimate of drug-likeness (QED) is 0.738. The monoisotopic (exact) mass is 348 g/mol. The number of methoxy groups -OCH3 is 2. The highest BCUT2D eigenvalue weighted by Crippen LogP contribution is 2.22. The summed E-state index contributed by atoms with van der Waals surface area (Å²) in [6, 6.07) is 17.1. The van der Waals surface area contributed by atoms with Crippen molar-refractivity contribution in [3.05, 3.63) is 78.1 Å². The van der Waals surface area contributed by atoms with Gasteiger partial charge in [0, 0.05) is 24.5 Å². The van der Waals surface area contributed by atoms with Crippen LogP contribution < -0.4 is 14.8 Å².